The lowest BCUT2D eigenvalue weighted by Crippen LogP contribution is -2.58. The molecule has 4 aromatic carbocycles. The van der Waals surface area contributed by atoms with Gasteiger partial charge in [-0.1, -0.05) is 84.4 Å². The number of hydrogen-bond donors (Lipinski definition) is 1. The monoisotopic (exact) mass is 675 g/mol. The largest absolute Gasteiger partial charge is 0.507 e. The Hall–Kier alpha value is -5.69. The number of carbonyl (C=O) groups is 5. The first-order valence-corrected chi connectivity index (χ1v) is 17.4. The number of allylic oxidation sites excluding steroid dienone is 4. The first kappa shape index (κ1) is 32.5. The van der Waals surface area contributed by atoms with Crippen LogP contribution in [0, 0.1) is 37.5 Å². The molecule has 7 heteroatoms. The molecule has 2 fully saturated rings. The highest BCUT2D eigenvalue weighted by Gasteiger charge is 2.66. The van der Waals surface area contributed by atoms with Gasteiger partial charge in [0.2, 0.25) is 11.8 Å². The van der Waals surface area contributed by atoms with Crippen molar-refractivity contribution in [3.8, 4) is 5.75 Å². The van der Waals surface area contributed by atoms with Crippen LogP contribution in [0.5, 0.6) is 5.75 Å². The number of ketones is 3. The molecule has 1 N–H and O–H groups in total. The summed E-state index contributed by atoms with van der Waals surface area (Å²) in [6.45, 7) is 5.10. The molecule has 1 saturated heterocycles. The van der Waals surface area contributed by atoms with Crippen LogP contribution in [-0.4, -0.2) is 34.3 Å². The van der Waals surface area contributed by atoms with Crippen molar-refractivity contribution in [1.82, 2.24) is 0 Å². The molecule has 2 amide bonds. The van der Waals surface area contributed by atoms with Crippen molar-refractivity contribution in [2.24, 2.45) is 23.7 Å². The molecule has 6 unspecified atom stereocenters. The summed E-state index contributed by atoms with van der Waals surface area (Å²) in [6, 6.07) is 28.9. The molecule has 6 atom stereocenters. The normalized spacial score (nSPS) is 27.0. The fourth-order valence-corrected chi connectivity index (χ4v) is 9.51. The Morgan fingerprint density at radius 2 is 1.43 bits per heavy atom. The average molecular weight is 676 g/mol. The second-order valence-electron chi connectivity index (χ2n) is 14.4. The van der Waals surface area contributed by atoms with E-state index < -0.39 is 35.0 Å². The van der Waals surface area contributed by atoms with Gasteiger partial charge in [-0.15, -0.1) is 0 Å². The maximum atomic E-state index is 15.2. The molecule has 7 nitrogen and oxygen atoms in total. The number of aryl methyl sites for hydroxylation is 2. The number of carbonyl (C=O) groups excluding carboxylic acids is 5. The zero-order valence-electron chi connectivity index (χ0n) is 28.6. The van der Waals surface area contributed by atoms with E-state index in [1.165, 1.54) is 17.9 Å². The molecule has 0 aromatic heterocycles. The summed E-state index contributed by atoms with van der Waals surface area (Å²) < 4.78 is 0. The Morgan fingerprint density at radius 3 is 2.06 bits per heavy atom. The standard InChI is InChI=1S/C44H37NO6/c1-24-20-29(21-25(2)40(24)48)39-32-18-19-33-38(43(51)45(42(33)50)31-16-14-27(15-17-31)26(3)46)35(32)22-36-41(49)34(28-10-6-4-7-11-28)23-37(47)44(36,39)30-12-8-5-9-13-30/h4-18,20-21,23,33,35-36,38-39,48H,19,22H2,1-3H3. The van der Waals surface area contributed by atoms with Crippen molar-refractivity contribution >= 4 is 40.4 Å². The molecule has 1 saturated carbocycles. The number of imide groups is 1. The Kier molecular flexibility index (Phi) is 7.63. The first-order valence-electron chi connectivity index (χ1n) is 17.4. The average Bonchev–Trinajstić information content (AvgIpc) is 3.40. The van der Waals surface area contributed by atoms with Gasteiger partial charge in [-0.05, 0) is 97.7 Å². The molecule has 254 valence electrons. The SMILES string of the molecule is CC(=O)c1ccc(N2C(=O)C3CC=C4C(CC5C(=O)C(c6ccccc6)=CC(=O)C5(c5ccccc5)C4c4cc(C)c(O)c(C)c4)C3C2=O)cc1. The first-order chi connectivity index (χ1) is 24.5. The lowest BCUT2D eigenvalue weighted by molar-refractivity contribution is -0.135. The highest BCUT2D eigenvalue weighted by molar-refractivity contribution is 6.32. The molecule has 0 radical (unpaired) electrons. The predicted molar refractivity (Wildman–Crippen MR) is 193 cm³/mol. The van der Waals surface area contributed by atoms with E-state index in [1.807, 2.05) is 92.7 Å². The van der Waals surface area contributed by atoms with Crippen molar-refractivity contribution in [2.75, 3.05) is 4.90 Å². The number of nitrogens with zero attached hydrogens (tertiary/aromatic N) is 1. The van der Waals surface area contributed by atoms with E-state index in [2.05, 4.69) is 0 Å². The van der Waals surface area contributed by atoms with E-state index in [-0.39, 0.29) is 41.3 Å². The summed E-state index contributed by atoms with van der Waals surface area (Å²) in [4.78, 5) is 72.1. The van der Waals surface area contributed by atoms with Gasteiger partial charge < -0.3 is 5.11 Å². The van der Waals surface area contributed by atoms with E-state index in [1.54, 1.807) is 24.3 Å². The van der Waals surface area contributed by atoms with Gasteiger partial charge in [0.15, 0.2) is 17.3 Å². The summed E-state index contributed by atoms with van der Waals surface area (Å²) in [6.07, 6.45) is 4.06. The van der Waals surface area contributed by atoms with Crippen molar-refractivity contribution in [2.45, 2.75) is 44.9 Å². The predicted octanol–water partition coefficient (Wildman–Crippen LogP) is 7.24. The second-order valence-corrected chi connectivity index (χ2v) is 14.4. The number of phenolic OH excluding ortho intramolecular Hbond substituents is 1. The van der Waals surface area contributed by atoms with Crippen LogP contribution in [0.4, 0.5) is 5.69 Å². The number of amides is 2. The number of fused-ring (bicyclic) bond motifs is 4. The Labute approximate surface area is 296 Å². The lowest BCUT2D eigenvalue weighted by atomic mass is 9.44. The van der Waals surface area contributed by atoms with E-state index >= 15 is 9.59 Å². The molecule has 51 heavy (non-hydrogen) atoms. The third-order valence-electron chi connectivity index (χ3n) is 11.8. The molecular formula is C44H37NO6. The molecule has 1 aliphatic heterocycles. The molecule has 3 aliphatic carbocycles. The molecular weight excluding hydrogens is 638 g/mol. The summed E-state index contributed by atoms with van der Waals surface area (Å²) in [5.41, 5.74) is 4.18. The van der Waals surface area contributed by atoms with E-state index in [0.717, 1.165) is 11.1 Å². The molecule has 4 aliphatic rings. The number of phenols is 1. The number of hydrogen-bond acceptors (Lipinski definition) is 6. The highest BCUT2D eigenvalue weighted by Crippen LogP contribution is 2.64. The van der Waals surface area contributed by atoms with Crippen LogP contribution in [0.1, 0.15) is 63.9 Å². The molecule has 1 heterocycles. The van der Waals surface area contributed by atoms with Crippen LogP contribution in [0.3, 0.4) is 0 Å². The minimum Gasteiger partial charge on any atom is -0.507 e. The van der Waals surface area contributed by atoms with E-state index in [4.69, 9.17) is 0 Å². The summed E-state index contributed by atoms with van der Waals surface area (Å²) in [5, 5.41) is 10.9. The van der Waals surface area contributed by atoms with Crippen molar-refractivity contribution < 1.29 is 29.1 Å². The molecule has 0 spiro atoms. The topological polar surface area (TPSA) is 109 Å². The fraction of sp³-hybridized carbons (Fsp3) is 0.250. The number of Topliss-reactive ketones (excluding diaryl/α,β-unsaturated/α-hetero) is 2. The quantitative estimate of drug-likeness (QED) is 0.136. The van der Waals surface area contributed by atoms with Crippen molar-refractivity contribution in [1.29, 1.82) is 0 Å². The van der Waals surface area contributed by atoms with Crippen LogP contribution >= 0.6 is 0 Å². The van der Waals surface area contributed by atoms with Crippen LogP contribution in [0.15, 0.2) is 115 Å². The van der Waals surface area contributed by atoms with Crippen molar-refractivity contribution in [3.05, 3.63) is 148 Å². The van der Waals surface area contributed by atoms with Crippen LogP contribution in [0.2, 0.25) is 0 Å². The lowest BCUT2D eigenvalue weighted by Gasteiger charge is -2.55. The summed E-state index contributed by atoms with van der Waals surface area (Å²) in [5.74, 6) is -4.34. The molecule has 0 bridgehead atoms. The van der Waals surface area contributed by atoms with Gasteiger partial charge in [-0.25, -0.2) is 0 Å². The minimum absolute atomic E-state index is 0.117. The number of benzene rings is 4. The van der Waals surface area contributed by atoms with Gasteiger partial charge in [0.05, 0.1) is 22.9 Å². The smallest absolute Gasteiger partial charge is 0.238 e. The number of anilines is 1. The Morgan fingerprint density at radius 1 is 0.804 bits per heavy atom. The van der Waals surface area contributed by atoms with Gasteiger partial charge in [0.25, 0.3) is 0 Å². The number of rotatable bonds is 5. The molecule has 8 rings (SSSR count). The summed E-state index contributed by atoms with van der Waals surface area (Å²) >= 11 is 0. The third-order valence-corrected chi connectivity index (χ3v) is 11.8. The third kappa shape index (κ3) is 4.74. The van der Waals surface area contributed by atoms with Crippen molar-refractivity contribution in [3.63, 3.8) is 0 Å². The van der Waals surface area contributed by atoms with Gasteiger partial charge >= 0.3 is 0 Å². The zero-order valence-corrected chi connectivity index (χ0v) is 28.6. The summed E-state index contributed by atoms with van der Waals surface area (Å²) in [7, 11) is 0. The maximum absolute atomic E-state index is 15.2. The van der Waals surface area contributed by atoms with Gasteiger partial charge in [0, 0.05) is 23.0 Å². The second kappa shape index (κ2) is 12.0. The van der Waals surface area contributed by atoms with Crippen LogP contribution in [0.25, 0.3) is 5.57 Å². The minimum atomic E-state index is -1.34. The molecule has 4 aromatic rings. The Balaban J connectivity index is 1.35. The van der Waals surface area contributed by atoms with E-state index in [9.17, 15) is 19.5 Å². The Bertz CT molecular complexity index is 2190. The van der Waals surface area contributed by atoms with Crippen LogP contribution in [-0.2, 0) is 24.6 Å². The fourth-order valence-electron chi connectivity index (χ4n) is 9.51. The van der Waals surface area contributed by atoms with Crippen LogP contribution < -0.4 is 4.90 Å². The van der Waals surface area contributed by atoms with E-state index in [0.29, 0.717) is 45.5 Å². The number of aromatic hydroxyl groups is 1. The maximum Gasteiger partial charge on any atom is 0.238 e. The zero-order chi connectivity index (χ0) is 35.8. The van der Waals surface area contributed by atoms with Gasteiger partial charge in [-0.3, -0.25) is 28.9 Å². The van der Waals surface area contributed by atoms with Gasteiger partial charge in [0.1, 0.15) is 5.75 Å². The van der Waals surface area contributed by atoms with Gasteiger partial charge in [-0.2, -0.15) is 0 Å². The highest BCUT2D eigenvalue weighted by atomic mass is 16.3.